The Morgan fingerprint density at radius 2 is 1.97 bits per heavy atom. The number of tetrazole rings is 1. The third-order valence-corrected chi connectivity index (χ3v) is 6.28. The normalized spacial score (nSPS) is 16.5. The molecule has 0 saturated heterocycles. The van der Waals surface area contributed by atoms with Crippen molar-refractivity contribution in [3.63, 3.8) is 0 Å². The number of benzene rings is 1. The number of nitrogens with one attached hydrogen (secondary N) is 1. The first-order valence-electron chi connectivity index (χ1n) is 11.5. The minimum atomic E-state index is -0.801. The van der Waals surface area contributed by atoms with E-state index in [0.29, 0.717) is 29.8 Å². The SMILES string of the molecule is CCCCn1nnnc1C(NC(CC(=O)O)C1CCCCC1)c1ccc(OC)c(OC)c1. The van der Waals surface area contributed by atoms with Crippen molar-refractivity contribution in [2.24, 2.45) is 5.92 Å². The highest BCUT2D eigenvalue weighted by Gasteiger charge is 2.31. The number of aromatic nitrogens is 4. The number of hydrogen-bond acceptors (Lipinski definition) is 7. The van der Waals surface area contributed by atoms with Crippen LogP contribution in [0.3, 0.4) is 0 Å². The third kappa shape index (κ3) is 5.97. The summed E-state index contributed by atoms with van der Waals surface area (Å²) in [5, 5.41) is 25.7. The first kappa shape index (κ1) is 24.0. The van der Waals surface area contributed by atoms with Crippen molar-refractivity contribution in [3.05, 3.63) is 29.6 Å². The van der Waals surface area contributed by atoms with Gasteiger partial charge in [-0.15, -0.1) is 5.10 Å². The first-order chi connectivity index (χ1) is 15.6. The molecule has 1 heterocycles. The molecule has 1 aromatic carbocycles. The molecule has 2 aromatic rings. The van der Waals surface area contributed by atoms with E-state index in [1.165, 1.54) is 6.42 Å². The fourth-order valence-corrected chi connectivity index (χ4v) is 4.54. The Labute approximate surface area is 189 Å². The molecule has 2 N–H and O–H groups in total. The highest BCUT2D eigenvalue weighted by Crippen LogP contribution is 2.34. The van der Waals surface area contributed by atoms with Crippen LogP contribution in [-0.4, -0.2) is 51.5 Å². The quantitative estimate of drug-likeness (QED) is 0.510. The summed E-state index contributed by atoms with van der Waals surface area (Å²) in [5.41, 5.74) is 0.904. The minimum absolute atomic E-state index is 0.0605. The van der Waals surface area contributed by atoms with Gasteiger partial charge in [0.1, 0.15) is 0 Å². The van der Waals surface area contributed by atoms with Gasteiger partial charge in [0.2, 0.25) is 0 Å². The minimum Gasteiger partial charge on any atom is -0.493 e. The average molecular weight is 446 g/mol. The highest BCUT2D eigenvalue weighted by molar-refractivity contribution is 5.67. The number of rotatable bonds is 12. The summed E-state index contributed by atoms with van der Waals surface area (Å²) in [6.07, 6.45) is 7.59. The zero-order valence-corrected chi connectivity index (χ0v) is 19.3. The van der Waals surface area contributed by atoms with E-state index < -0.39 is 5.97 Å². The van der Waals surface area contributed by atoms with Crippen molar-refractivity contribution in [3.8, 4) is 11.5 Å². The predicted octanol–water partition coefficient (Wildman–Crippen LogP) is 3.59. The molecule has 1 aromatic heterocycles. The molecule has 9 nitrogen and oxygen atoms in total. The van der Waals surface area contributed by atoms with Crippen LogP contribution in [0.15, 0.2) is 18.2 Å². The molecule has 1 fully saturated rings. The lowest BCUT2D eigenvalue weighted by Crippen LogP contribution is -2.42. The Balaban J connectivity index is 1.99. The second kappa shape index (κ2) is 11.8. The average Bonchev–Trinajstić information content (AvgIpc) is 3.28. The van der Waals surface area contributed by atoms with Gasteiger partial charge >= 0.3 is 5.97 Å². The van der Waals surface area contributed by atoms with E-state index in [0.717, 1.165) is 44.1 Å². The summed E-state index contributed by atoms with van der Waals surface area (Å²) >= 11 is 0. The van der Waals surface area contributed by atoms with Crippen LogP contribution < -0.4 is 14.8 Å². The number of carboxylic acids is 1. The Kier molecular flexibility index (Phi) is 8.84. The van der Waals surface area contributed by atoms with Crippen molar-refractivity contribution in [1.29, 1.82) is 0 Å². The third-order valence-electron chi connectivity index (χ3n) is 6.28. The van der Waals surface area contributed by atoms with E-state index >= 15 is 0 Å². The number of methoxy groups -OCH3 is 2. The lowest BCUT2D eigenvalue weighted by Gasteiger charge is -2.33. The van der Waals surface area contributed by atoms with Gasteiger partial charge in [0, 0.05) is 12.6 Å². The maximum absolute atomic E-state index is 11.7. The number of nitrogens with zero attached hydrogens (tertiary/aromatic N) is 4. The molecule has 0 amide bonds. The van der Waals surface area contributed by atoms with Crippen LogP contribution in [0.1, 0.15) is 75.7 Å². The summed E-state index contributed by atoms with van der Waals surface area (Å²) in [6, 6.07) is 5.18. The second-order valence-electron chi connectivity index (χ2n) is 8.43. The van der Waals surface area contributed by atoms with Crippen LogP contribution in [0.25, 0.3) is 0 Å². The molecule has 32 heavy (non-hydrogen) atoms. The number of carboxylic acid groups (broad SMARTS) is 1. The van der Waals surface area contributed by atoms with Crippen LogP contribution >= 0.6 is 0 Å². The maximum Gasteiger partial charge on any atom is 0.304 e. The van der Waals surface area contributed by atoms with Crippen molar-refractivity contribution in [2.45, 2.75) is 76.9 Å². The number of ether oxygens (including phenoxy) is 2. The van der Waals surface area contributed by atoms with Crippen molar-refractivity contribution in [1.82, 2.24) is 25.5 Å². The van der Waals surface area contributed by atoms with E-state index in [4.69, 9.17) is 9.47 Å². The summed E-state index contributed by atoms with van der Waals surface area (Å²) in [5.74, 6) is 1.43. The van der Waals surface area contributed by atoms with Gasteiger partial charge < -0.3 is 14.6 Å². The van der Waals surface area contributed by atoms with Crippen LogP contribution in [0.2, 0.25) is 0 Å². The van der Waals surface area contributed by atoms with E-state index in [-0.39, 0.29) is 18.5 Å². The lowest BCUT2D eigenvalue weighted by atomic mass is 9.82. The molecule has 0 spiro atoms. The lowest BCUT2D eigenvalue weighted by molar-refractivity contribution is -0.138. The van der Waals surface area contributed by atoms with Gasteiger partial charge in [-0.1, -0.05) is 38.7 Å². The number of aryl methyl sites for hydroxylation is 1. The Morgan fingerprint density at radius 3 is 2.62 bits per heavy atom. The maximum atomic E-state index is 11.7. The van der Waals surface area contributed by atoms with Crippen molar-refractivity contribution in [2.75, 3.05) is 14.2 Å². The Morgan fingerprint density at radius 1 is 1.22 bits per heavy atom. The molecule has 1 aliphatic rings. The molecule has 1 aliphatic carbocycles. The van der Waals surface area contributed by atoms with Gasteiger partial charge in [-0.05, 0) is 53.3 Å². The molecule has 0 bridgehead atoms. The number of aliphatic carboxylic acids is 1. The van der Waals surface area contributed by atoms with E-state index in [1.807, 2.05) is 22.9 Å². The molecular formula is C23H35N5O4. The summed E-state index contributed by atoms with van der Waals surface area (Å²) in [7, 11) is 3.20. The van der Waals surface area contributed by atoms with Crippen LogP contribution in [0.5, 0.6) is 11.5 Å². The number of hydrogen-bond donors (Lipinski definition) is 2. The highest BCUT2D eigenvalue weighted by atomic mass is 16.5. The van der Waals surface area contributed by atoms with Gasteiger partial charge in [0.05, 0.1) is 26.7 Å². The van der Waals surface area contributed by atoms with Crippen LogP contribution in [-0.2, 0) is 11.3 Å². The molecule has 3 rings (SSSR count). The van der Waals surface area contributed by atoms with Crippen molar-refractivity contribution < 1.29 is 19.4 Å². The smallest absolute Gasteiger partial charge is 0.304 e. The largest absolute Gasteiger partial charge is 0.493 e. The molecule has 9 heteroatoms. The molecule has 0 radical (unpaired) electrons. The Bertz CT molecular complexity index is 866. The van der Waals surface area contributed by atoms with Crippen molar-refractivity contribution >= 4 is 5.97 Å². The molecule has 0 aliphatic heterocycles. The van der Waals surface area contributed by atoms with E-state index in [2.05, 4.69) is 27.8 Å². The molecule has 176 valence electrons. The first-order valence-corrected chi connectivity index (χ1v) is 11.5. The fourth-order valence-electron chi connectivity index (χ4n) is 4.54. The Hall–Kier alpha value is -2.68. The van der Waals surface area contributed by atoms with E-state index in [1.54, 1.807) is 14.2 Å². The molecule has 1 saturated carbocycles. The van der Waals surface area contributed by atoms with Gasteiger partial charge in [0.15, 0.2) is 17.3 Å². The van der Waals surface area contributed by atoms with Crippen LogP contribution in [0.4, 0.5) is 0 Å². The van der Waals surface area contributed by atoms with Crippen LogP contribution in [0, 0.1) is 5.92 Å². The predicted molar refractivity (Wildman–Crippen MR) is 120 cm³/mol. The molecule has 2 unspecified atom stereocenters. The van der Waals surface area contributed by atoms with E-state index in [9.17, 15) is 9.90 Å². The van der Waals surface area contributed by atoms with Gasteiger partial charge in [-0.3, -0.25) is 10.1 Å². The summed E-state index contributed by atoms with van der Waals surface area (Å²) in [6.45, 7) is 2.83. The second-order valence-corrected chi connectivity index (χ2v) is 8.43. The topological polar surface area (TPSA) is 111 Å². The number of unbranched alkanes of at least 4 members (excludes halogenated alkanes) is 1. The monoisotopic (exact) mass is 445 g/mol. The zero-order valence-electron chi connectivity index (χ0n) is 19.3. The number of carbonyl (C=O) groups is 1. The van der Waals surface area contributed by atoms with Gasteiger partial charge in [-0.2, -0.15) is 0 Å². The standard InChI is InChI=1S/C23H35N5O4/c1-4-5-13-28-23(25-26-27-28)22(17-11-12-19(31-2)20(14-17)32-3)24-18(15-21(29)30)16-9-7-6-8-10-16/h11-12,14,16,18,22,24H,4-10,13,15H2,1-3H3,(H,29,30). The van der Waals surface area contributed by atoms with Gasteiger partial charge in [-0.25, -0.2) is 4.68 Å². The zero-order chi connectivity index (χ0) is 22.9. The summed E-state index contributed by atoms with van der Waals surface area (Å²) < 4.78 is 12.7. The fraction of sp³-hybridized carbons (Fsp3) is 0.652. The summed E-state index contributed by atoms with van der Waals surface area (Å²) in [4.78, 5) is 11.7. The molecule has 2 atom stereocenters. The van der Waals surface area contributed by atoms with Gasteiger partial charge in [0.25, 0.3) is 0 Å². The molecular weight excluding hydrogens is 410 g/mol.